The Labute approximate surface area is 67.7 Å². The molecule has 7 nitrogen and oxygen atoms in total. The lowest BCUT2D eigenvalue weighted by molar-refractivity contribution is -0.123. The Morgan fingerprint density at radius 1 is 1.42 bits per heavy atom. The first kappa shape index (κ1) is 10.2. The Hall–Kier alpha value is -1.79. The summed E-state index contributed by atoms with van der Waals surface area (Å²) in [5.74, 6) is -0.822. The van der Waals surface area contributed by atoms with Crippen LogP contribution >= 0.6 is 0 Å². The number of imide groups is 1. The largest absolute Gasteiger partial charge is 0.506 e. The number of carbonyl (C=O) groups is 3. The molecule has 0 radical (unpaired) electrons. The molecule has 3 N–H and O–H groups in total. The van der Waals surface area contributed by atoms with Crippen LogP contribution in [-0.4, -0.2) is 36.9 Å². The van der Waals surface area contributed by atoms with Gasteiger partial charge in [-0.1, -0.05) is 0 Å². The molecule has 3 amide bonds. The van der Waals surface area contributed by atoms with Crippen molar-refractivity contribution in [2.45, 2.75) is 0 Å². The molecule has 0 fully saturated rings. The standard InChI is InChI=1S/C5H8N2O5/c1-6-4(9)7-3(8)2-12-5(10)11/h2H2,1H3,(H,10,11)(H2,6,7,8,9). The number of carbonyl (C=O) groups excluding carboxylic acids is 2. The minimum atomic E-state index is -1.57. The highest BCUT2D eigenvalue weighted by Crippen LogP contribution is 1.76. The molecule has 0 aliphatic rings. The highest BCUT2D eigenvalue weighted by Gasteiger charge is 2.07. The van der Waals surface area contributed by atoms with Gasteiger partial charge in [0.25, 0.3) is 5.91 Å². The number of hydrogen-bond acceptors (Lipinski definition) is 4. The minimum absolute atomic E-state index is 0.692. The molecule has 0 aliphatic carbocycles. The molecular formula is C5H8N2O5. The third-order valence-corrected chi connectivity index (χ3v) is 0.807. The molecule has 7 heteroatoms. The summed E-state index contributed by atoms with van der Waals surface area (Å²) in [6, 6.07) is -0.714. The molecular weight excluding hydrogens is 168 g/mol. The average molecular weight is 176 g/mol. The monoisotopic (exact) mass is 176 g/mol. The summed E-state index contributed by atoms with van der Waals surface area (Å²) >= 11 is 0. The highest BCUT2D eigenvalue weighted by atomic mass is 16.7. The summed E-state index contributed by atoms with van der Waals surface area (Å²) in [6.45, 7) is -0.692. The summed E-state index contributed by atoms with van der Waals surface area (Å²) in [5.41, 5.74) is 0. The van der Waals surface area contributed by atoms with Crippen molar-refractivity contribution in [1.82, 2.24) is 10.6 Å². The van der Waals surface area contributed by atoms with Crippen LogP contribution in [0, 0.1) is 0 Å². The van der Waals surface area contributed by atoms with E-state index in [2.05, 4.69) is 10.1 Å². The van der Waals surface area contributed by atoms with E-state index in [9.17, 15) is 14.4 Å². The molecule has 0 saturated carbocycles. The van der Waals surface area contributed by atoms with E-state index in [-0.39, 0.29) is 0 Å². The molecule has 0 bridgehead atoms. The summed E-state index contributed by atoms with van der Waals surface area (Å²) < 4.78 is 3.87. The predicted octanol–water partition coefficient (Wildman–Crippen LogP) is -0.863. The van der Waals surface area contributed by atoms with Gasteiger partial charge in [-0.15, -0.1) is 0 Å². The molecule has 0 rings (SSSR count). The van der Waals surface area contributed by atoms with Crippen LogP contribution in [0.3, 0.4) is 0 Å². The normalized spacial score (nSPS) is 8.42. The predicted molar refractivity (Wildman–Crippen MR) is 36.6 cm³/mol. The van der Waals surface area contributed by atoms with Crippen LogP contribution in [0.2, 0.25) is 0 Å². The highest BCUT2D eigenvalue weighted by molar-refractivity contribution is 5.95. The smallest absolute Gasteiger partial charge is 0.450 e. The number of carboxylic acid groups (broad SMARTS) is 1. The zero-order chi connectivity index (χ0) is 9.56. The van der Waals surface area contributed by atoms with Gasteiger partial charge in [-0.3, -0.25) is 10.1 Å². The van der Waals surface area contributed by atoms with Crippen molar-refractivity contribution < 1.29 is 24.2 Å². The van der Waals surface area contributed by atoms with Crippen molar-refractivity contribution in [1.29, 1.82) is 0 Å². The zero-order valence-electron chi connectivity index (χ0n) is 6.29. The van der Waals surface area contributed by atoms with E-state index in [0.717, 1.165) is 0 Å². The quantitative estimate of drug-likeness (QED) is 0.474. The van der Waals surface area contributed by atoms with Crippen molar-refractivity contribution >= 4 is 18.1 Å². The van der Waals surface area contributed by atoms with Crippen LogP contribution in [0.5, 0.6) is 0 Å². The summed E-state index contributed by atoms with van der Waals surface area (Å²) in [7, 11) is 1.32. The van der Waals surface area contributed by atoms with Gasteiger partial charge in [-0.05, 0) is 0 Å². The van der Waals surface area contributed by atoms with E-state index in [1.807, 2.05) is 5.32 Å². The fraction of sp³-hybridized carbons (Fsp3) is 0.400. The van der Waals surface area contributed by atoms with E-state index in [4.69, 9.17) is 5.11 Å². The van der Waals surface area contributed by atoms with Crippen LogP contribution < -0.4 is 10.6 Å². The van der Waals surface area contributed by atoms with Crippen LogP contribution in [0.1, 0.15) is 0 Å². The third-order valence-electron chi connectivity index (χ3n) is 0.807. The van der Waals surface area contributed by atoms with Gasteiger partial charge in [0.2, 0.25) is 0 Å². The number of amides is 3. The molecule has 0 heterocycles. The number of hydrogen-bond donors (Lipinski definition) is 3. The first-order valence-electron chi connectivity index (χ1n) is 2.93. The minimum Gasteiger partial charge on any atom is -0.450 e. The Bertz CT molecular complexity index is 202. The van der Waals surface area contributed by atoms with Gasteiger partial charge in [0.05, 0.1) is 0 Å². The second-order valence-corrected chi connectivity index (χ2v) is 1.68. The van der Waals surface area contributed by atoms with Gasteiger partial charge in [0, 0.05) is 7.05 Å². The Morgan fingerprint density at radius 2 is 2.00 bits per heavy atom. The van der Waals surface area contributed by atoms with Gasteiger partial charge in [0.1, 0.15) is 0 Å². The maximum atomic E-state index is 10.6. The molecule has 0 aromatic rings. The molecule has 68 valence electrons. The summed E-state index contributed by atoms with van der Waals surface area (Å²) in [6.07, 6.45) is -1.57. The lowest BCUT2D eigenvalue weighted by Crippen LogP contribution is -2.39. The first-order valence-corrected chi connectivity index (χ1v) is 2.93. The maximum Gasteiger partial charge on any atom is 0.506 e. The Kier molecular flexibility index (Phi) is 4.20. The molecule has 0 spiro atoms. The van der Waals surface area contributed by atoms with E-state index in [0.29, 0.717) is 0 Å². The molecule has 0 unspecified atom stereocenters. The van der Waals surface area contributed by atoms with Crippen molar-refractivity contribution in [3.05, 3.63) is 0 Å². The number of nitrogens with one attached hydrogen (secondary N) is 2. The SMILES string of the molecule is CNC(=O)NC(=O)COC(=O)O. The van der Waals surface area contributed by atoms with Crippen molar-refractivity contribution in [3.63, 3.8) is 0 Å². The van der Waals surface area contributed by atoms with Crippen LogP contribution in [0.25, 0.3) is 0 Å². The number of ether oxygens (including phenoxy) is 1. The van der Waals surface area contributed by atoms with Gasteiger partial charge in [0.15, 0.2) is 6.61 Å². The van der Waals surface area contributed by atoms with E-state index in [1.54, 1.807) is 0 Å². The van der Waals surface area contributed by atoms with E-state index >= 15 is 0 Å². The van der Waals surface area contributed by atoms with Crippen LogP contribution in [0.4, 0.5) is 9.59 Å². The van der Waals surface area contributed by atoms with Crippen molar-refractivity contribution in [2.24, 2.45) is 0 Å². The fourth-order valence-corrected chi connectivity index (χ4v) is 0.352. The van der Waals surface area contributed by atoms with Gasteiger partial charge < -0.3 is 15.2 Å². The molecule has 0 aliphatic heterocycles. The average Bonchev–Trinajstić information content (AvgIpc) is 2.00. The molecule has 0 saturated heterocycles. The third kappa shape index (κ3) is 5.03. The second kappa shape index (κ2) is 4.94. The van der Waals surface area contributed by atoms with E-state index in [1.165, 1.54) is 7.05 Å². The molecule has 0 atom stereocenters. The van der Waals surface area contributed by atoms with E-state index < -0.39 is 24.7 Å². The van der Waals surface area contributed by atoms with Gasteiger partial charge >= 0.3 is 12.2 Å². The van der Waals surface area contributed by atoms with Crippen molar-refractivity contribution in [3.8, 4) is 0 Å². The maximum absolute atomic E-state index is 10.6. The second-order valence-electron chi connectivity index (χ2n) is 1.68. The van der Waals surface area contributed by atoms with Crippen LogP contribution in [-0.2, 0) is 9.53 Å². The van der Waals surface area contributed by atoms with Gasteiger partial charge in [-0.2, -0.15) is 0 Å². The number of rotatable bonds is 2. The fourth-order valence-electron chi connectivity index (χ4n) is 0.352. The topological polar surface area (TPSA) is 105 Å². The van der Waals surface area contributed by atoms with Gasteiger partial charge in [-0.25, -0.2) is 9.59 Å². The number of urea groups is 1. The lowest BCUT2D eigenvalue weighted by Gasteiger charge is -2.01. The summed E-state index contributed by atoms with van der Waals surface area (Å²) in [4.78, 5) is 30.7. The lowest BCUT2D eigenvalue weighted by atomic mass is 10.6. The Morgan fingerprint density at radius 3 is 2.42 bits per heavy atom. The molecule has 0 aromatic heterocycles. The summed E-state index contributed by atoms with van der Waals surface area (Å²) in [5, 5.41) is 11.9. The molecule has 0 aromatic carbocycles. The zero-order valence-corrected chi connectivity index (χ0v) is 6.29. The van der Waals surface area contributed by atoms with Crippen molar-refractivity contribution in [2.75, 3.05) is 13.7 Å². The molecule has 12 heavy (non-hydrogen) atoms. The first-order chi connectivity index (χ1) is 5.56. The Balaban J connectivity index is 3.60. The van der Waals surface area contributed by atoms with Crippen LogP contribution in [0.15, 0.2) is 0 Å².